The topological polar surface area (TPSA) is 0 Å². The predicted octanol–water partition coefficient (Wildman–Crippen LogP) is 4.90. The van der Waals surface area contributed by atoms with E-state index in [4.69, 9.17) is 0 Å². The molecule has 0 unspecified atom stereocenters. The van der Waals surface area contributed by atoms with Crippen molar-refractivity contribution >= 4 is 0 Å². The molecule has 0 aliphatic carbocycles. The van der Waals surface area contributed by atoms with Crippen LogP contribution in [0, 0.1) is 11.8 Å². The zero-order valence-corrected chi connectivity index (χ0v) is 10.8. The smallest absolute Gasteiger partial charge is 0.0323 e. The molecule has 0 aromatic heterocycles. The molecule has 0 heterocycles. The highest BCUT2D eigenvalue weighted by atomic mass is 14.0. The lowest BCUT2D eigenvalue weighted by atomic mass is 10.00. The molecule has 0 saturated heterocycles. The van der Waals surface area contributed by atoms with Gasteiger partial charge in [0.05, 0.1) is 0 Å². The average Bonchev–Trinajstić information content (AvgIpc) is 2.45. The summed E-state index contributed by atoms with van der Waals surface area (Å²) in [5.41, 5.74) is 3.58. The van der Waals surface area contributed by atoms with E-state index in [1.807, 2.05) is 6.07 Å². The van der Waals surface area contributed by atoms with Crippen LogP contribution >= 0.6 is 0 Å². The largest absolute Gasteiger partial charge is 0.0979 e. The molecule has 0 bridgehead atoms. The maximum absolute atomic E-state index is 3.30. The fourth-order valence-electron chi connectivity index (χ4n) is 1.88. The molecule has 2 aromatic carbocycles. The van der Waals surface area contributed by atoms with E-state index in [0.29, 0.717) is 0 Å². The molecule has 0 fully saturated rings. The zero-order valence-electron chi connectivity index (χ0n) is 10.8. The van der Waals surface area contributed by atoms with Crippen LogP contribution in [0.5, 0.6) is 0 Å². The number of hydrogen-bond donors (Lipinski definition) is 0. The summed E-state index contributed by atoms with van der Waals surface area (Å²) in [6.45, 7) is 2.19. The standard InChI is InChI=1S/C18H18/c1-2-3-4-6-11-17-14-9-10-15-18(17)16-12-7-5-8-13-16/h5,7-10,12-15H,2-4H2,1H3. The van der Waals surface area contributed by atoms with Crippen LogP contribution in [0.15, 0.2) is 54.6 Å². The fourth-order valence-corrected chi connectivity index (χ4v) is 1.88. The molecule has 0 N–H and O–H groups in total. The van der Waals surface area contributed by atoms with Gasteiger partial charge in [-0.25, -0.2) is 0 Å². The van der Waals surface area contributed by atoms with Gasteiger partial charge >= 0.3 is 0 Å². The molecule has 0 spiro atoms. The number of benzene rings is 2. The minimum atomic E-state index is 0.986. The minimum absolute atomic E-state index is 0.986. The summed E-state index contributed by atoms with van der Waals surface area (Å²) in [6, 6.07) is 18.8. The average molecular weight is 234 g/mol. The molecule has 0 aliphatic heterocycles. The third-order valence-electron chi connectivity index (χ3n) is 2.89. The maximum atomic E-state index is 3.30. The number of unbranched alkanes of at least 4 members (excludes halogenated alkanes) is 2. The molecule has 0 atom stereocenters. The second-order valence-corrected chi connectivity index (χ2v) is 4.32. The Bertz CT molecular complexity index is 541. The first-order chi connectivity index (χ1) is 8.92. The van der Waals surface area contributed by atoms with E-state index in [1.54, 1.807) is 0 Å². The van der Waals surface area contributed by atoms with E-state index in [2.05, 4.69) is 67.3 Å². The minimum Gasteiger partial charge on any atom is -0.0979 e. The van der Waals surface area contributed by atoms with Crippen molar-refractivity contribution in [2.75, 3.05) is 0 Å². The second-order valence-electron chi connectivity index (χ2n) is 4.32. The van der Waals surface area contributed by atoms with Crippen molar-refractivity contribution in [1.29, 1.82) is 0 Å². The maximum Gasteiger partial charge on any atom is 0.0323 e. The Kier molecular flexibility index (Phi) is 4.61. The van der Waals surface area contributed by atoms with Crippen molar-refractivity contribution in [2.45, 2.75) is 26.2 Å². The van der Waals surface area contributed by atoms with Gasteiger partial charge in [0.1, 0.15) is 0 Å². The van der Waals surface area contributed by atoms with Crippen LogP contribution in [0.1, 0.15) is 31.7 Å². The van der Waals surface area contributed by atoms with Gasteiger partial charge in [-0.3, -0.25) is 0 Å². The predicted molar refractivity (Wildman–Crippen MR) is 78.3 cm³/mol. The van der Waals surface area contributed by atoms with E-state index >= 15 is 0 Å². The lowest BCUT2D eigenvalue weighted by Gasteiger charge is -2.04. The number of hydrogen-bond acceptors (Lipinski definition) is 0. The molecule has 2 rings (SSSR count). The molecule has 0 amide bonds. The van der Waals surface area contributed by atoms with Crippen LogP contribution in [-0.2, 0) is 0 Å². The quantitative estimate of drug-likeness (QED) is 0.523. The first kappa shape index (κ1) is 12.5. The first-order valence-electron chi connectivity index (χ1n) is 6.55. The summed E-state index contributed by atoms with van der Waals surface area (Å²) >= 11 is 0. The SMILES string of the molecule is CCCCC#Cc1ccccc1-c1ccccc1. The second kappa shape index (κ2) is 6.67. The van der Waals surface area contributed by atoms with Gasteiger partial charge in [-0.2, -0.15) is 0 Å². The molecule has 18 heavy (non-hydrogen) atoms. The van der Waals surface area contributed by atoms with Gasteiger partial charge in [0, 0.05) is 12.0 Å². The molecule has 0 saturated carbocycles. The molecule has 0 radical (unpaired) electrons. The van der Waals surface area contributed by atoms with Gasteiger partial charge in [-0.15, -0.1) is 0 Å². The Morgan fingerprint density at radius 1 is 0.889 bits per heavy atom. The summed E-state index contributed by atoms with van der Waals surface area (Å²) in [6.07, 6.45) is 3.37. The molecular weight excluding hydrogens is 216 g/mol. The van der Waals surface area contributed by atoms with Crippen LogP contribution in [0.4, 0.5) is 0 Å². The molecule has 90 valence electrons. The van der Waals surface area contributed by atoms with Crippen LogP contribution < -0.4 is 0 Å². The van der Waals surface area contributed by atoms with Gasteiger partial charge in [-0.1, -0.05) is 73.7 Å². The third kappa shape index (κ3) is 3.25. The lowest BCUT2D eigenvalue weighted by molar-refractivity contribution is 0.828. The monoisotopic (exact) mass is 234 g/mol. The van der Waals surface area contributed by atoms with Crippen LogP contribution in [0.3, 0.4) is 0 Å². The molecule has 2 aromatic rings. The van der Waals surface area contributed by atoms with Crippen LogP contribution in [0.25, 0.3) is 11.1 Å². The molecule has 0 aliphatic rings. The first-order valence-corrected chi connectivity index (χ1v) is 6.55. The van der Waals surface area contributed by atoms with Gasteiger partial charge < -0.3 is 0 Å². The van der Waals surface area contributed by atoms with Crippen LogP contribution in [0.2, 0.25) is 0 Å². The van der Waals surface area contributed by atoms with E-state index in [1.165, 1.54) is 24.0 Å². The van der Waals surface area contributed by atoms with Crippen molar-refractivity contribution in [2.24, 2.45) is 0 Å². The summed E-state index contributed by atoms with van der Waals surface area (Å²) in [5.74, 6) is 6.56. The Labute approximate surface area is 110 Å². The Balaban J connectivity index is 2.28. The molecule has 0 heteroatoms. The summed E-state index contributed by atoms with van der Waals surface area (Å²) in [7, 11) is 0. The van der Waals surface area contributed by atoms with E-state index in [9.17, 15) is 0 Å². The fraction of sp³-hybridized carbons (Fsp3) is 0.222. The summed E-state index contributed by atoms with van der Waals surface area (Å²) in [5, 5.41) is 0. The highest BCUT2D eigenvalue weighted by Gasteiger charge is 2.00. The van der Waals surface area contributed by atoms with Crippen molar-refractivity contribution in [1.82, 2.24) is 0 Å². The Hall–Kier alpha value is -2.00. The van der Waals surface area contributed by atoms with E-state index in [0.717, 1.165) is 12.0 Å². The van der Waals surface area contributed by atoms with E-state index < -0.39 is 0 Å². The van der Waals surface area contributed by atoms with Crippen molar-refractivity contribution in [3.05, 3.63) is 60.2 Å². The highest BCUT2D eigenvalue weighted by molar-refractivity contribution is 5.70. The lowest BCUT2D eigenvalue weighted by Crippen LogP contribution is -1.83. The normalized spacial score (nSPS) is 9.61. The van der Waals surface area contributed by atoms with Crippen molar-refractivity contribution in [3.8, 4) is 23.0 Å². The zero-order chi connectivity index (χ0) is 12.6. The van der Waals surface area contributed by atoms with Gasteiger partial charge in [0.2, 0.25) is 0 Å². The Morgan fingerprint density at radius 2 is 1.61 bits per heavy atom. The highest BCUT2D eigenvalue weighted by Crippen LogP contribution is 2.22. The van der Waals surface area contributed by atoms with Crippen molar-refractivity contribution < 1.29 is 0 Å². The number of rotatable bonds is 3. The van der Waals surface area contributed by atoms with E-state index in [-0.39, 0.29) is 0 Å². The third-order valence-corrected chi connectivity index (χ3v) is 2.89. The Morgan fingerprint density at radius 3 is 2.39 bits per heavy atom. The van der Waals surface area contributed by atoms with Crippen LogP contribution in [-0.4, -0.2) is 0 Å². The molecule has 0 nitrogen and oxygen atoms in total. The van der Waals surface area contributed by atoms with Gasteiger partial charge in [0.15, 0.2) is 0 Å². The summed E-state index contributed by atoms with van der Waals surface area (Å²) < 4.78 is 0. The molecular formula is C18H18. The van der Waals surface area contributed by atoms with Crippen molar-refractivity contribution in [3.63, 3.8) is 0 Å². The van der Waals surface area contributed by atoms with Gasteiger partial charge in [0.25, 0.3) is 0 Å². The summed E-state index contributed by atoms with van der Waals surface area (Å²) in [4.78, 5) is 0. The van der Waals surface area contributed by atoms with Gasteiger partial charge in [-0.05, 0) is 23.6 Å².